The van der Waals surface area contributed by atoms with E-state index >= 15 is 0 Å². The number of carbonyl (C=O) groups excluding carboxylic acids is 1. The van der Waals surface area contributed by atoms with Gasteiger partial charge in [-0.3, -0.25) is 4.79 Å². The van der Waals surface area contributed by atoms with E-state index in [2.05, 4.69) is 5.32 Å². The number of amides is 1. The highest BCUT2D eigenvalue weighted by atomic mass is 32.2. The molecule has 0 spiro atoms. The summed E-state index contributed by atoms with van der Waals surface area (Å²) in [6.45, 7) is 0.199. The average molecular weight is 203 g/mol. The first-order valence-corrected chi connectivity index (χ1v) is 6.06. The van der Waals surface area contributed by atoms with Gasteiger partial charge in [0.15, 0.2) is 0 Å². The lowest BCUT2D eigenvalue weighted by molar-refractivity contribution is -0.119. The second kappa shape index (κ2) is 5.50. The molecule has 1 fully saturated rings. The largest absolute Gasteiger partial charge is 0.396 e. The molecule has 1 aliphatic rings. The zero-order chi connectivity index (χ0) is 9.68. The first-order valence-electron chi connectivity index (χ1n) is 4.67. The van der Waals surface area contributed by atoms with E-state index in [0.717, 1.165) is 19.3 Å². The molecule has 0 aromatic heterocycles. The molecule has 0 heterocycles. The highest BCUT2D eigenvalue weighted by Gasteiger charge is 2.27. The first kappa shape index (κ1) is 10.9. The highest BCUT2D eigenvalue weighted by Crippen LogP contribution is 2.24. The smallest absolute Gasteiger partial charge is 0.230 e. The topological polar surface area (TPSA) is 49.3 Å². The van der Waals surface area contributed by atoms with Crippen LogP contribution in [0.25, 0.3) is 0 Å². The Hall–Kier alpha value is -0.220. The molecule has 0 aliphatic heterocycles. The van der Waals surface area contributed by atoms with Crippen molar-refractivity contribution in [2.24, 2.45) is 5.92 Å². The Balaban J connectivity index is 2.30. The Kier molecular flexibility index (Phi) is 4.59. The molecule has 0 aromatic rings. The van der Waals surface area contributed by atoms with Crippen LogP contribution in [0.15, 0.2) is 0 Å². The number of rotatable bonds is 4. The van der Waals surface area contributed by atoms with Gasteiger partial charge in [-0.15, -0.1) is 0 Å². The second-order valence-corrected chi connectivity index (χ2v) is 4.35. The Bertz CT molecular complexity index is 175. The van der Waals surface area contributed by atoms with Crippen LogP contribution in [-0.4, -0.2) is 35.7 Å². The van der Waals surface area contributed by atoms with Gasteiger partial charge in [-0.25, -0.2) is 0 Å². The van der Waals surface area contributed by atoms with Crippen LogP contribution in [0.2, 0.25) is 0 Å². The van der Waals surface area contributed by atoms with Gasteiger partial charge in [-0.1, -0.05) is 6.42 Å². The number of aliphatic hydroxyl groups excluding tert-OH is 1. The van der Waals surface area contributed by atoms with Crippen LogP contribution in [0.4, 0.5) is 0 Å². The highest BCUT2D eigenvalue weighted by molar-refractivity contribution is 7.99. The molecular weight excluding hydrogens is 186 g/mol. The summed E-state index contributed by atoms with van der Waals surface area (Å²) in [6.07, 6.45) is 5.10. The molecule has 0 aromatic carbocycles. The minimum Gasteiger partial charge on any atom is -0.396 e. The summed E-state index contributed by atoms with van der Waals surface area (Å²) in [6, 6.07) is 0.213. The third-order valence-corrected chi connectivity index (χ3v) is 3.07. The van der Waals surface area contributed by atoms with Crippen LogP contribution in [0.5, 0.6) is 0 Å². The lowest BCUT2D eigenvalue weighted by Gasteiger charge is -2.18. The Morgan fingerprint density at radius 2 is 2.38 bits per heavy atom. The predicted octanol–water partition coefficient (Wildman–Crippen LogP) is 0.627. The van der Waals surface area contributed by atoms with Gasteiger partial charge in [0, 0.05) is 18.6 Å². The zero-order valence-corrected chi connectivity index (χ0v) is 8.77. The summed E-state index contributed by atoms with van der Waals surface area (Å²) in [5.41, 5.74) is 0. The van der Waals surface area contributed by atoms with Gasteiger partial charge in [-0.05, 0) is 19.1 Å². The molecule has 2 unspecified atom stereocenters. The van der Waals surface area contributed by atoms with Crippen LogP contribution in [0.1, 0.15) is 19.3 Å². The fourth-order valence-corrected chi connectivity index (χ4v) is 2.17. The van der Waals surface area contributed by atoms with E-state index in [1.54, 1.807) is 0 Å². The lowest BCUT2D eigenvalue weighted by atomic mass is 10.1. The van der Waals surface area contributed by atoms with Crippen molar-refractivity contribution in [1.82, 2.24) is 5.32 Å². The van der Waals surface area contributed by atoms with E-state index in [4.69, 9.17) is 5.11 Å². The molecule has 1 aliphatic carbocycles. The predicted molar refractivity (Wildman–Crippen MR) is 54.7 cm³/mol. The zero-order valence-electron chi connectivity index (χ0n) is 7.95. The van der Waals surface area contributed by atoms with E-state index in [0.29, 0.717) is 5.75 Å². The molecule has 1 rings (SSSR count). The first-order chi connectivity index (χ1) is 6.27. The number of nitrogens with one attached hydrogen (secondary N) is 1. The Morgan fingerprint density at radius 3 is 3.00 bits per heavy atom. The van der Waals surface area contributed by atoms with Gasteiger partial charge in [0.05, 0.1) is 5.75 Å². The lowest BCUT2D eigenvalue weighted by Crippen LogP contribution is -2.39. The van der Waals surface area contributed by atoms with Gasteiger partial charge >= 0.3 is 0 Å². The molecule has 13 heavy (non-hydrogen) atoms. The molecular formula is C9H17NO2S. The third-order valence-electron chi connectivity index (χ3n) is 2.52. The minimum absolute atomic E-state index is 0.0952. The SMILES string of the molecule is CSCC(=O)NC1CCCC1CO. The molecule has 2 atom stereocenters. The molecule has 0 bridgehead atoms. The van der Waals surface area contributed by atoms with Crippen molar-refractivity contribution in [1.29, 1.82) is 0 Å². The fourth-order valence-electron chi connectivity index (χ4n) is 1.82. The number of hydrogen-bond acceptors (Lipinski definition) is 3. The normalized spacial score (nSPS) is 27.5. The molecule has 1 amide bonds. The Morgan fingerprint density at radius 1 is 1.62 bits per heavy atom. The monoisotopic (exact) mass is 203 g/mol. The second-order valence-electron chi connectivity index (χ2n) is 3.48. The molecule has 4 heteroatoms. The van der Waals surface area contributed by atoms with Crippen LogP contribution in [0.3, 0.4) is 0 Å². The summed E-state index contributed by atoms with van der Waals surface area (Å²) in [4.78, 5) is 11.2. The van der Waals surface area contributed by atoms with E-state index in [9.17, 15) is 4.79 Å². The van der Waals surface area contributed by atoms with Gasteiger partial charge < -0.3 is 10.4 Å². The third kappa shape index (κ3) is 3.19. The van der Waals surface area contributed by atoms with E-state index in [1.807, 2.05) is 6.26 Å². The quantitative estimate of drug-likeness (QED) is 0.704. The molecule has 1 saturated carbocycles. The van der Waals surface area contributed by atoms with Gasteiger partial charge in [-0.2, -0.15) is 11.8 Å². The van der Waals surface area contributed by atoms with E-state index < -0.39 is 0 Å². The number of hydrogen-bond donors (Lipinski definition) is 2. The molecule has 0 radical (unpaired) electrons. The maximum atomic E-state index is 11.2. The van der Waals surface area contributed by atoms with E-state index in [-0.39, 0.29) is 24.5 Å². The van der Waals surface area contributed by atoms with Crippen molar-refractivity contribution in [2.75, 3.05) is 18.6 Å². The van der Waals surface area contributed by atoms with Crippen LogP contribution in [-0.2, 0) is 4.79 Å². The maximum absolute atomic E-state index is 11.2. The summed E-state index contributed by atoms with van der Waals surface area (Å²) in [5, 5.41) is 12.0. The number of aliphatic hydroxyl groups is 1. The van der Waals surface area contributed by atoms with Crippen LogP contribution < -0.4 is 5.32 Å². The van der Waals surface area contributed by atoms with Crippen LogP contribution >= 0.6 is 11.8 Å². The molecule has 2 N–H and O–H groups in total. The Labute approximate surface area is 83.3 Å². The molecule has 3 nitrogen and oxygen atoms in total. The standard InChI is InChI=1S/C9H17NO2S/c1-13-6-9(12)10-8-4-2-3-7(8)5-11/h7-8,11H,2-6H2,1H3,(H,10,12). The minimum atomic E-state index is 0.0952. The summed E-state index contributed by atoms with van der Waals surface area (Å²) in [5.74, 6) is 0.901. The van der Waals surface area contributed by atoms with Crippen molar-refractivity contribution in [2.45, 2.75) is 25.3 Å². The van der Waals surface area contributed by atoms with Crippen molar-refractivity contribution < 1.29 is 9.90 Å². The van der Waals surface area contributed by atoms with E-state index in [1.165, 1.54) is 11.8 Å². The van der Waals surface area contributed by atoms with Gasteiger partial charge in [0.1, 0.15) is 0 Å². The van der Waals surface area contributed by atoms with Gasteiger partial charge in [0.25, 0.3) is 0 Å². The average Bonchev–Trinajstić information content (AvgIpc) is 2.52. The van der Waals surface area contributed by atoms with Crippen LogP contribution in [0, 0.1) is 5.92 Å². The number of carbonyl (C=O) groups is 1. The van der Waals surface area contributed by atoms with Crippen molar-refractivity contribution in [3.8, 4) is 0 Å². The molecule has 76 valence electrons. The number of thioether (sulfide) groups is 1. The summed E-state index contributed by atoms with van der Waals surface area (Å²) >= 11 is 1.53. The maximum Gasteiger partial charge on any atom is 0.230 e. The van der Waals surface area contributed by atoms with Crippen molar-refractivity contribution in [3.63, 3.8) is 0 Å². The summed E-state index contributed by atoms with van der Waals surface area (Å²) in [7, 11) is 0. The molecule has 0 saturated heterocycles. The van der Waals surface area contributed by atoms with Gasteiger partial charge in [0.2, 0.25) is 5.91 Å². The fraction of sp³-hybridized carbons (Fsp3) is 0.889. The van der Waals surface area contributed by atoms with Crippen molar-refractivity contribution in [3.05, 3.63) is 0 Å². The van der Waals surface area contributed by atoms with Crippen molar-refractivity contribution >= 4 is 17.7 Å². The summed E-state index contributed by atoms with van der Waals surface area (Å²) < 4.78 is 0.